The van der Waals surface area contributed by atoms with Crippen molar-refractivity contribution in [3.63, 3.8) is 0 Å². The number of likely N-dealkylation sites (tertiary alicyclic amines) is 2. The minimum Gasteiger partial charge on any atom is -0.336 e. The van der Waals surface area contributed by atoms with Gasteiger partial charge in [0.1, 0.15) is 6.04 Å². The van der Waals surface area contributed by atoms with E-state index in [1.54, 1.807) is 15.8 Å². The second kappa shape index (κ2) is 6.31. The summed E-state index contributed by atoms with van der Waals surface area (Å²) in [7, 11) is 0. The lowest BCUT2D eigenvalue weighted by Crippen LogP contribution is -2.56. The van der Waals surface area contributed by atoms with E-state index in [4.69, 9.17) is 0 Å². The van der Waals surface area contributed by atoms with E-state index in [9.17, 15) is 9.59 Å². The van der Waals surface area contributed by atoms with Gasteiger partial charge in [0.05, 0.1) is 12.2 Å². The zero-order chi connectivity index (χ0) is 17.4. The topological polar surface area (TPSA) is 71.3 Å². The molecule has 2 saturated heterocycles. The van der Waals surface area contributed by atoms with E-state index in [-0.39, 0.29) is 23.9 Å². The van der Waals surface area contributed by atoms with Crippen LogP contribution in [-0.4, -0.2) is 55.7 Å². The molecule has 0 bridgehead atoms. The maximum Gasteiger partial charge on any atom is 0.245 e. The van der Waals surface area contributed by atoms with Crippen molar-refractivity contribution in [2.24, 2.45) is 0 Å². The average Bonchev–Trinajstić information content (AvgIpc) is 3.19. The van der Waals surface area contributed by atoms with Crippen molar-refractivity contribution in [1.29, 1.82) is 0 Å². The highest BCUT2D eigenvalue weighted by Gasteiger charge is 2.42. The number of amides is 2. The van der Waals surface area contributed by atoms with Gasteiger partial charge in [0.2, 0.25) is 11.8 Å². The summed E-state index contributed by atoms with van der Waals surface area (Å²) < 4.78 is 1.79. The lowest BCUT2D eigenvalue weighted by Gasteiger charge is -2.41. The summed E-state index contributed by atoms with van der Waals surface area (Å²) in [5, 5.41) is 7.79. The van der Waals surface area contributed by atoms with E-state index in [1.807, 2.05) is 42.3 Å². The van der Waals surface area contributed by atoms with Crippen LogP contribution < -0.4 is 0 Å². The van der Waals surface area contributed by atoms with Crippen molar-refractivity contribution in [3.8, 4) is 0 Å². The fourth-order valence-electron chi connectivity index (χ4n) is 3.50. The summed E-state index contributed by atoms with van der Waals surface area (Å²) in [4.78, 5) is 28.7. The van der Waals surface area contributed by atoms with Crippen LogP contribution in [0.4, 0.5) is 0 Å². The Bertz CT molecular complexity index is 765. The molecule has 1 unspecified atom stereocenters. The van der Waals surface area contributed by atoms with E-state index < -0.39 is 0 Å². The first-order valence-corrected chi connectivity index (χ1v) is 8.61. The third kappa shape index (κ3) is 3.01. The molecular weight excluding hydrogens is 318 g/mol. The van der Waals surface area contributed by atoms with E-state index in [0.717, 1.165) is 5.56 Å². The van der Waals surface area contributed by atoms with E-state index in [0.29, 0.717) is 32.5 Å². The fourth-order valence-corrected chi connectivity index (χ4v) is 3.50. The fraction of sp³-hybridized carbons (Fsp3) is 0.444. The predicted molar refractivity (Wildman–Crippen MR) is 90.4 cm³/mol. The second-order valence-corrected chi connectivity index (χ2v) is 6.84. The van der Waals surface area contributed by atoms with Gasteiger partial charge in [-0.3, -0.25) is 9.59 Å². The maximum atomic E-state index is 12.8. The minimum absolute atomic E-state index is 0.0503. The molecule has 25 heavy (non-hydrogen) atoms. The van der Waals surface area contributed by atoms with Gasteiger partial charge in [-0.15, -0.1) is 5.10 Å². The first kappa shape index (κ1) is 15.8. The van der Waals surface area contributed by atoms with Gasteiger partial charge in [-0.25, -0.2) is 4.68 Å². The third-order valence-electron chi connectivity index (χ3n) is 5.08. The van der Waals surface area contributed by atoms with E-state index in [2.05, 4.69) is 10.3 Å². The van der Waals surface area contributed by atoms with Crippen LogP contribution in [0.2, 0.25) is 0 Å². The van der Waals surface area contributed by atoms with Crippen molar-refractivity contribution >= 4 is 11.8 Å². The van der Waals surface area contributed by atoms with Crippen LogP contribution in [0.15, 0.2) is 36.7 Å². The van der Waals surface area contributed by atoms with Crippen LogP contribution in [0.1, 0.15) is 30.0 Å². The predicted octanol–water partition coefficient (Wildman–Crippen LogP) is 1.16. The summed E-state index contributed by atoms with van der Waals surface area (Å²) >= 11 is 0. The molecule has 3 heterocycles. The molecule has 4 rings (SSSR count). The highest BCUT2D eigenvalue weighted by Crippen LogP contribution is 2.27. The lowest BCUT2D eigenvalue weighted by molar-refractivity contribution is -0.146. The number of benzene rings is 1. The number of hydrogen-bond acceptors (Lipinski definition) is 4. The Morgan fingerprint density at radius 2 is 2.00 bits per heavy atom. The monoisotopic (exact) mass is 339 g/mol. The first-order valence-electron chi connectivity index (χ1n) is 8.61. The Morgan fingerprint density at radius 3 is 2.68 bits per heavy atom. The number of hydrogen-bond donors (Lipinski definition) is 0. The average molecular weight is 339 g/mol. The molecule has 2 aliphatic rings. The van der Waals surface area contributed by atoms with Gasteiger partial charge in [0.15, 0.2) is 0 Å². The highest BCUT2D eigenvalue weighted by molar-refractivity contribution is 5.91. The Morgan fingerprint density at radius 1 is 1.24 bits per heavy atom. The normalized spacial score (nSPS) is 20.8. The zero-order valence-electron chi connectivity index (χ0n) is 14.2. The number of rotatable bonds is 4. The number of aryl methyl sites for hydroxylation is 1. The molecule has 130 valence electrons. The Kier molecular flexibility index (Phi) is 3.99. The molecule has 0 aliphatic carbocycles. The molecule has 2 aliphatic heterocycles. The number of carbonyl (C=O) groups excluding carboxylic acids is 2. The van der Waals surface area contributed by atoms with Crippen molar-refractivity contribution in [3.05, 3.63) is 47.8 Å². The van der Waals surface area contributed by atoms with Crippen LogP contribution in [0, 0.1) is 6.92 Å². The molecule has 2 amide bonds. The largest absolute Gasteiger partial charge is 0.336 e. The molecule has 0 saturated carbocycles. The van der Waals surface area contributed by atoms with Gasteiger partial charge in [-0.2, -0.15) is 0 Å². The smallest absolute Gasteiger partial charge is 0.245 e. The molecule has 0 radical (unpaired) electrons. The van der Waals surface area contributed by atoms with Crippen LogP contribution in [0.5, 0.6) is 0 Å². The van der Waals surface area contributed by atoms with Crippen molar-refractivity contribution in [1.82, 2.24) is 24.8 Å². The third-order valence-corrected chi connectivity index (χ3v) is 5.08. The Hall–Kier alpha value is -2.70. The molecule has 7 nitrogen and oxygen atoms in total. The maximum absolute atomic E-state index is 12.8. The molecule has 1 aromatic carbocycles. The summed E-state index contributed by atoms with van der Waals surface area (Å²) in [5.41, 5.74) is 2.24. The van der Waals surface area contributed by atoms with Crippen LogP contribution in [0.3, 0.4) is 0 Å². The second-order valence-electron chi connectivity index (χ2n) is 6.84. The molecule has 1 aromatic heterocycles. The molecule has 2 aromatic rings. The number of aromatic nitrogens is 3. The van der Waals surface area contributed by atoms with Crippen molar-refractivity contribution < 1.29 is 9.59 Å². The number of nitrogens with zero attached hydrogens (tertiary/aromatic N) is 5. The van der Waals surface area contributed by atoms with Gasteiger partial charge in [-0.1, -0.05) is 35.0 Å². The van der Waals surface area contributed by atoms with Crippen LogP contribution >= 0.6 is 0 Å². The van der Waals surface area contributed by atoms with Crippen LogP contribution in [-0.2, 0) is 16.1 Å². The van der Waals surface area contributed by atoms with Crippen molar-refractivity contribution in [2.45, 2.75) is 38.4 Å². The Balaban J connectivity index is 1.41. The summed E-state index contributed by atoms with van der Waals surface area (Å²) in [6, 6.07) is 7.95. The first-order chi connectivity index (χ1) is 12.1. The van der Waals surface area contributed by atoms with Gasteiger partial charge >= 0.3 is 0 Å². The standard InChI is InChI=1S/C18H21N5O2/c1-13-2-4-14(5-3-13)10-22-16(6-7-17(22)24)18(25)21-11-15(12-21)23-9-8-19-20-23/h2-5,8-9,15-16H,6-7,10-12H2,1H3. The molecule has 1 atom stereocenters. The summed E-state index contributed by atoms with van der Waals surface area (Å²) in [5.74, 6) is 0.113. The molecule has 0 spiro atoms. The van der Waals surface area contributed by atoms with E-state index >= 15 is 0 Å². The zero-order valence-corrected chi connectivity index (χ0v) is 14.2. The van der Waals surface area contributed by atoms with Gasteiger partial charge in [0.25, 0.3) is 0 Å². The minimum atomic E-state index is -0.342. The quantitative estimate of drug-likeness (QED) is 0.838. The van der Waals surface area contributed by atoms with Crippen molar-refractivity contribution in [2.75, 3.05) is 13.1 Å². The summed E-state index contributed by atoms with van der Waals surface area (Å²) in [6.45, 7) is 3.79. The number of carbonyl (C=O) groups is 2. The molecule has 0 N–H and O–H groups in total. The van der Waals surface area contributed by atoms with Gasteiger partial charge in [-0.05, 0) is 18.9 Å². The molecule has 2 fully saturated rings. The summed E-state index contributed by atoms with van der Waals surface area (Å²) in [6.07, 6.45) is 4.51. The highest BCUT2D eigenvalue weighted by atomic mass is 16.2. The molecule has 7 heteroatoms. The van der Waals surface area contributed by atoms with Gasteiger partial charge < -0.3 is 9.80 Å². The molecular formula is C18H21N5O2. The lowest BCUT2D eigenvalue weighted by atomic mass is 10.1. The van der Waals surface area contributed by atoms with Crippen LogP contribution in [0.25, 0.3) is 0 Å². The van der Waals surface area contributed by atoms with E-state index in [1.165, 1.54) is 5.56 Å². The SMILES string of the molecule is Cc1ccc(CN2C(=O)CCC2C(=O)N2CC(n3ccnn3)C2)cc1. The Labute approximate surface area is 146 Å². The van der Waals surface area contributed by atoms with Gasteiger partial charge in [0, 0.05) is 32.3 Å².